The van der Waals surface area contributed by atoms with Gasteiger partial charge in [0.2, 0.25) is 0 Å². The van der Waals surface area contributed by atoms with E-state index in [2.05, 4.69) is 15.0 Å². The number of rotatable bonds is 3. The van der Waals surface area contributed by atoms with Gasteiger partial charge in [-0.15, -0.1) is 0 Å². The van der Waals surface area contributed by atoms with Crippen LogP contribution in [0.1, 0.15) is 16.8 Å². The molecule has 0 atom stereocenters. The predicted molar refractivity (Wildman–Crippen MR) is 89.4 cm³/mol. The zero-order chi connectivity index (χ0) is 18.1. The zero-order valence-corrected chi connectivity index (χ0v) is 13.8. The molecule has 4 nitrogen and oxygen atoms in total. The summed E-state index contributed by atoms with van der Waals surface area (Å²) < 4.78 is 40.3. The molecule has 3 aromatic rings. The summed E-state index contributed by atoms with van der Waals surface area (Å²) in [5, 5.41) is 0. The van der Waals surface area contributed by atoms with Gasteiger partial charge in [0.05, 0.1) is 5.69 Å². The van der Waals surface area contributed by atoms with Crippen molar-refractivity contribution in [2.75, 3.05) is 6.54 Å². The molecule has 0 spiro atoms. The number of fused-ring (bicyclic) bond motifs is 1. The van der Waals surface area contributed by atoms with Crippen molar-refractivity contribution in [2.45, 2.75) is 19.5 Å². The lowest BCUT2D eigenvalue weighted by Gasteiger charge is -2.28. The molecule has 0 aliphatic carbocycles. The summed E-state index contributed by atoms with van der Waals surface area (Å²) >= 11 is 0. The minimum atomic E-state index is -1.43. The smallest absolute Gasteiger partial charge is 0.194 e. The van der Waals surface area contributed by atoms with Gasteiger partial charge in [-0.2, -0.15) is 0 Å². The van der Waals surface area contributed by atoms with Crippen molar-refractivity contribution < 1.29 is 13.2 Å². The molecule has 0 bridgehead atoms. The van der Waals surface area contributed by atoms with Crippen LogP contribution in [-0.4, -0.2) is 26.4 Å². The van der Waals surface area contributed by atoms with Crippen LogP contribution in [0, 0.1) is 17.5 Å². The fourth-order valence-corrected chi connectivity index (χ4v) is 3.07. The van der Waals surface area contributed by atoms with Gasteiger partial charge in [-0.1, -0.05) is 6.07 Å². The van der Waals surface area contributed by atoms with E-state index in [1.165, 1.54) is 6.07 Å². The Morgan fingerprint density at radius 3 is 2.73 bits per heavy atom. The van der Waals surface area contributed by atoms with E-state index in [-0.39, 0.29) is 12.1 Å². The molecule has 4 rings (SSSR count). The first-order valence-electron chi connectivity index (χ1n) is 8.22. The van der Waals surface area contributed by atoms with Crippen LogP contribution < -0.4 is 0 Å². The molecule has 0 saturated carbocycles. The fraction of sp³-hybridized carbons (Fsp3) is 0.211. The third-order valence-electron chi connectivity index (χ3n) is 4.44. The molecule has 0 N–H and O–H groups in total. The lowest BCUT2D eigenvalue weighted by molar-refractivity contribution is 0.238. The Morgan fingerprint density at radius 2 is 1.92 bits per heavy atom. The lowest BCUT2D eigenvalue weighted by atomic mass is 10.1. The van der Waals surface area contributed by atoms with E-state index in [0.717, 1.165) is 22.9 Å². The van der Waals surface area contributed by atoms with Gasteiger partial charge in [-0.05, 0) is 18.2 Å². The van der Waals surface area contributed by atoms with Crippen LogP contribution in [0.25, 0.3) is 11.4 Å². The van der Waals surface area contributed by atoms with Crippen molar-refractivity contribution in [3.63, 3.8) is 0 Å². The standard InChI is InChI=1S/C19H15F3N4/c20-15-4-3-13(17(21)18(15)22)10-26-7-5-16-14(11-26)9-24-19(25-16)12-2-1-6-23-8-12/h1-4,6,8-9H,5,7,10-11H2. The molecular formula is C19H15F3N4. The normalized spacial score (nSPS) is 14.3. The van der Waals surface area contributed by atoms with Crippen molar-refractivity contribution >= 4 is 0 Å². The molecule has 0 unspecified atom stereocenters. The maximum Gasteiger partial charge on any atom is 0.194 e. The van der Waals surface area contributed by atoms with Crippen molar-refractivity contribution in [3.8, 4) is 11.4 Å². The van der Waals surface area contributed by atoms with E-state index in [9.17, 15) is 13.2 Å². The van der Waals surface area contributed by atoms with Gasteiger partial charge in [0.15, 0.2) is 23.3 Å². The van der Waals surface area contributed by atoms with Gasteiger partial charge in [-0.3, -0.25) is 9.88 Å². The van der Waals surface area contributed by atoms with E-state index in [1.54, 1.807) is 18.6 Å². The number of halogens is 3. The molecule has 1 aromatic carbocycles. The van der Waals surface area contributed by atoms with E-state index in [0.29, 0.717) is 25.3 Å². The van der Waals surface area contributed by atoms with Crippen LogP contribution in [0.2, 0.25) is 0 Å². The minimum Gasteiger partial charge on any atom is -0.294 e. The highest BCUT2D eigenvalue weighted by Crippen LogP contribution is 2.23. The molecule has 132 valence electrons. The predicted octanol–water partition coefficient (Wildman–Crippen LogP) is 3.51. The molecule has 3 heterocycles. The third kappa shape index (κ3) is 3.17. The lowest BCUT2D eigenvalue weighted by Crippen LogP contribution is -2.31. The van der Waals surface area contributed by atoms with Gasteiger partial charge in [-0.25, -0.2) is 23.1 Å². The number of nitrogens with zero attached hydrogens (tertiary/aromatic N) is 4. The van der Waals surface area contributed by atoms with Gasteiger partial charge < -0.3 is 0 Å². The number of hydrogen-bond acceptors (Lipinski definition) is 4. The van der Waals surface area contributed by atoms with Crippen LogP contribution >= 0.6 is 0 Å². The van der Waals surface area contributed by atoms with Gasteiger partial charge in [0, 0.05) is 61.3 Å². The molecule has 1 aliphatic heterocycles. The summed E-state index contributed by atoms with van der Waals surface area (Å²) in [5.41, 5.74) is 2.88. The summed E-state index contributed by atoms with van der Waals surface area (Å²) in [5.74, 6) is -3.10. The summed E-state index contributed by atoms with van der Waals surface area (Å²) in [4.78, 5) is 15.0. The summed E-state index contributed by atoms with van der Waals surface area (Å²) in [6, 6.07) is 5.96. The first kappa shape index (κ1) is 16.7. The number of pyridine rings is 1. The molecule has 0 amide bonds. The van der Waals surface area contributed by atoms with Crippen molar-refractivity contribution in [2.24, 2.45) is 0 Å². The van der Waals surface area contributed by atoms with Crippen LogP contribution in [0.5, 0.6) is 0 Å². The van der Waals surface area contributed by atoms with E-state index in [4.69, 9.17) is 0 Å². The van der Waals surface area contributed by atoms with Crippen molar-refractivity contribution in [1.82, 2.24) is 19.9 Å². The van der Waals surface area contributed by atoms with Gasteiger partial charge >= 0.3 is 0 Å². The molecular weight excluding hydrogens is 341 g/mol. The maximum absolute atomic E-state index is 13.9. The minimum absolute atomic E-state index is 0.139. The fourth-order valence-electron chi connectivity index (χ4n) is 3.07. The number of hydrogen-bond donors (Lipinski definition) is 0. The first-order chi connectivity index (χ1) is 12.6. The maximum atomic E-state index is 13.9. The topological polar surface area (TPSA) is 41.9 Å². The highest BCUT2D eigenvalue weighted by molar-refractivity contribution is 5.53. The summed E-state index contributed by atoms with van der Waals surface area (Å²) in [7, 11) is 0. The Labute approximate surface area is 148 Å². The van der Waals surface area contributed by atoms with Crippen molar-refractivity contribution in [1.29, 1.82) is 0 Å². The van der Waals surface area contributed by atoms with Crippen LogP contribution in [0.15, 0.2) is 42.9 Å². The Kier molecular flexibility index (Phi) is 4.38. The second-order valence-corrected chi connectivity index (χ2v) is 6.20. The molecule has 0 radical (unpaired) electrons. The molecule has 0 saturated heterocycles. The van der Waals surface area contributed by atoms with Gasteiger partial charge in [0.25, 0.3) is 0 Å². The van der Waals surface area contributed by atoms with Crippen LogP contribution in [-0.2, 0) is 19.5 Å². The number of benzene rings is 1. The quantitative estimate of drug-likeness (QED) is 0.674. The van der Waals surface area contributed by atoms with Crippen LogP contribution in [0.3, 0.4) is 0 Å². The van der Waals surface area contributed by atoms with E-state index >= 15 is 0 Å². The molecule has 26 heavy (non-hydrogen) atoms. The Bertz CT molecular complexity index is 947. The summed E-state index contributed by atoms with van der Waals surface area (Å²) in [6.45, 7) is 1.38. The monoisotopic (exact) mass is 356 g/mol. The molecule has 0 fully saturated rings. The Morgan fingerprint density at radius 1 is 1.04 bits per heavy atom. The average Bonchev–Trinajstić information content (AvgIpc) is 2.69. The molecule has 7 heteroatoms. The van der Waals surface area contributed by atoms with E-state index in [1.807, 2.05) is 17.0 Å². The van der Waals surface area contributed by atoms with Crippen LogP contribution in [0.4, 0.5) is 13.2 Å². The second kappa shape index (κ2) is 6.84. The highest BCUT2D eigenvalue weighted by Gasteiger charge is 2.21. The number of aromatic nitrogens is 3. The van der Waals surface area contributed by atoms with E-state index < -0.39 is 17.5 Å². The zero-order valence-electron chi connectivity index (χ0n) is 13.8. The Balaban J connectivity index is 1.53. The SMILES string of the molecule is Fc1ccc(CN2CCc3nc(-c4cccnc4)ncc3C2)c(F)c1F. The Hall–Kier alpha value is -2.80. The molecule has 1 aliphatic rings. The largest absolute Gasteiger partial charge is 0.294 e. The first-order valence-corrected chi connectivity index (χ1v) is 8.22. The highest BCUT2D eigenvalue weighted by atomic mass is 19.2. The summed E-state index contributed by atoms with van der Waals surface area (Å²) in [6.07, 6.45) is 5.84. The van der Waals surface area contributed by atoms with Crippen molar-refractivity contribution in [3.05, 3.63) is 77.1 Å². The average molecular weight is 356 g/mol. The second-order valence-electron chi connectivity index (χ2n) is 6.20. The van der Waals surface area contributed by atoms with Gasteiger partial charge in [0.1, 0.15) is 0 Å². The third-order valence-corrected chi connectivity index (χ3v) is 4.44. The molecule has 2 aromatic heterocycles.